The fourth-order valence-electron chi connectivity index (χ4n) is 0.541. The molecule has 0 aliphatic rings. The van der Waals surface area contributed by atoms with Crippen LogP contribution in [0.2, 0.25) is 0 Å². The van der Waals surface area contributed by atoms with E-state index < -0.39 is 0 Å². The van der Waals surface area contributed by atoms with Crippen LogP contribution in [0.1, 0.15) is 0 Å². The number of nitrogens with zero attached hydrogens (tertiary/aromatic N) is 1. The lowest BCUT2D eigenvalue weighted by Crippen LogP contribution is -1.77. The van der Waals surface area contributed by atoms with Gasteiger partial charge in [0.2, 0.25) is 0 Å². The van der Waals surface area contributed by atoms with Crippen LogP contribution >= 0.6 is 0 Å². The average Bonchev–Trinajstić information content (AvgIpc) is 2.02. The third-order valence-corrected chi connectivity index (χ3v) is 0.983. The molecule has 0 bridgehead atoms. The molecule has 0 aromatic carbocycles. The predicted octanol–water partition coefficient (Wildman–Crippen LogP) is 1.12. The Morgan fingerprint density at radius 3 is 3.00 bits per heavy atom. The quantitative estimate of drug-likeness (QED) is 0.560. The van der Waals surface area contributed by atoms with E-state index in [1.165, 1.54) is 0 Å². The van der Waals surface area contributed by atoms with E-state index in [0.717, 1.165) is 0 Å². The molecular formula is C7H9N3. The molecular weight excluding hydrogens is 126 g/mol. The molecule has 0 spiro atoms. The lowest BCUT2D eigenvalue weighted by molar-refractivity contribution is 1.05. The van der Waals surface area contributed by atoms with Crippen molar-refractivity contribution < 1.29 is 0 Å². The molecule has 0 unspecified atom stereocenters. The Balaban J connectivity index is 3.13. The zero-order chi connectivity index (χ0) is 7.23. The van der Waals surface area contributed by atoms with Gasteiger partial charge in [-0.1, -0.05) is 0 Å². The molecule has 52 valence electrons. The van der Waals surface area contributed by atoms with Crippen molar-refractivity contribution in [2.24, 2.45) is 0 Å². The van der Waals surface area contributed by atoms with E-state index in [2.05, 4.69) is 10.2 Å². The van der Waals surface area contributed by atoms with Crippen molar-refractivity contribution in [3.63, 3.8) is 0 Å². The Kier molecular flexibility index (Phi) is 2.31. The second-order valence-electron chi connectivity index (χ2n) is 1.79. The normalized spacial score (nSPS) is 8.40. The molecule has 0 amide bonds. The summed E-state index contributed by atoms with van der Waals surface area (Å²) in [6.07, 6.45) is 3.34. The number of anilines is 1. The number of nitrogens with one attached hydrogen (secondary N) is 1. The largest absolute Gasteiger partial charge is 0.399 e. The minimum Gasteiger partial charge on any atom is -0.399 e. The molecule has 1 aromatic heterocycles. The molecule has 3 N–H and O–H groups in total. The summed E-state index contributed by atoms with van der Waals surface area (Å²) >= 11 is 0. The minimum atomic E-state index is 0.714. The third kappa shape index (κ3) is 2.17. The Bertz CT molecular complexity index is 216. The van der Waals surface area contributed by atoms with Crippen molar-refractivity contribution in [1.29, 1.82) is 0 Å². The number of rotatable bonds is 0. The number of hydrogen-bond acceptors (Lipinski definition) is 2. The Labute approximate surface area is 59.2 Å². The molecule has 3 nitrogen and oxygen atoms in total. The van der Waals surface area contributed by atoms with Gasteiger partial charge in [-0.15, -0.1) is 0 Å². The summed E-state index contributed by atoms with van der Waals surface area (Å²) in [6, 6.07) is 7.13. The second kappa shape index (κ2) is 3.50. The number of H-pyrrole nitrogens is 1. The Morgan fingerprint density at radius 2 is 2.10 bits per heavy atom. The second-order valence-corrected chi connectivity index (χ2v) is 1.79. The lowest BCUT2D eigenvalue weighted by atomic mass is 10.4. The zero-order valence-corrected chi connectivity index (χ0v) is 5.49. The van der Waals surface area contributed by atoms with E-state index in [4.69, 9.17) is 5.73 Å². The smallest absolute Gasteiger partial charge is 0.0472 e. The van der Waals surface area contributed by atoms with Gasteiger partial charge in [-0.25, -0.2) is 0 Å². The van der Waals surface area contributed by atoms with E-state index in [-0.39, 0.29) is 0 Å². The molecule has 3 heteroatoms. The van der Waals surface area contributed by atoms with Crippen molar-refractivity contribution >= 4 is 5.69 Å². The third-order valence-electron chi connectivity index (χ3n) is 0.983. The number of nitrogens with two attached hydrogens (primary N) is 1. The first kappa shape index (κ1) is 6.61. The lowest BCUT2D eigenvalue weighted by Gasteiger charge is -1.78. The molecule has 1 aromatic rings. The molecule has 0 saturated heterocycles. The highest BCUT2D eigenvalue weighted by molar-refractivity contribution is 5.33. The van der Waals surface area contributed by atoms with Gasteiger partial charge in [-0.3, -0.25) is 5.10 Å². The van der Waals surface area contributed by atoms with E-state index in [9.17, 15) is 0 Å². The standard InChI is InChI=1S/C7H9N3/c8-7-3-1-5-9-10-6-2-4-7/h1-6,9H,8H2. The Hall–Kier alpha value is -1.51. The van der Waals surface area contributed by atoms with Gasteiger partial charge in [-0.2, -0.15) is 5.10 Å². The van der Waals surface area contributed by atoms with Crippen LogP contribution in [0.15, 0.2) is 36.7 Å². The van der Waals surface area contributed by atoms with Crippen LogP contribution < -0.4 is 5.73 Å². The molecule has 1 rings (SSSR count). The van der Waals surface area contributed by atoms with Crippen molar-refractivity contribution in [1.82, 2.24) is 10.2 Å². The molecule has 1 heterocycles. The molecule has 0 saturated carbocycles. The van der Waals surface area contributed by atoms with Crippen LogP contribution in [-0.2, 0) is 0 Å². The van der Waals surface area contributed by atoms with Crippen LogP contribution in [-0.4, -0.2) is 10.2 Å². The maximum absolute atomic E-state index is 5.51. The topological polar surface area (TPSA) is 54.7 Å². The molecule has 0 fully saturated rings. The van der Waals surface area contributed by atoms with Crippen LogP contribution in [0.25, 0.3) is 0 Å². The maximum atomic E-state index is 5.51. The van der Waals surface area contributed by atoms with Gasteiger partial charge < -0.3 is 5.73 Å². The average molecular weight is 135 g/mol. The summed E-state index contributed by atoms with van der Waals surface area (Å²) in [5, 5.41) is 6.47. The molecule has 10 heavy (non-hydrogen) atoms. The van der Waals surface area contributed by atoms with E-state index >= 15 is 0 Å². The van der Waals surface area contributed by atoms with Crippen molar-refractivity contribution in [2.75, 3.05) is 5.73 Å². The summed E-state index contributed by atoms with van der Waals surface area (Å²) < 4.78 is 0. The number of hydrogen-bond donors (Lipinski definition) is 2. The maximum Gasteiger partial charge on any atom is 0.0472 e. The highest BCUT2D eigenvalue weighted by atomic mass is 15.1. The SMILES string of the molecule is Nc1cccn[nH]ccc1. The van der Waals surface area contributed by atoms with Gasteiger partial charge in [0.25, 0.3) is 0 Å². The molecule has 0 atom stereocenters. The zero-order valence-electron chi connectivity index (χ0n) is 5.49. The van der Waals surface area contributed by atoms with Gasteiger partial charge in [0.1, 0.15) is 0 Å². The number of nitrogen functional groups attached to an aromatic ring is 1. The van der Waals surface area contributed by atoms with Gasteiger partial charge in [0.15, 0.2) is 0 Å². The highest BCUT2D eigenvalue weighted by Crippen LogP contribution is 1.91. The summed E-state index contributed by atoms with van der Waals surface area (Å²) in [7, 11) is 0. The van der Waals surface area contributed by atoms with Crippen molar-refractivity contribution in [2.45, 2.75) is 0 Å². The fraction of sp³-hybridized carbons (Fsp3) is 0. The first-order valence-electron chi connectivity index (χ1n) is 2.97. The van der Waals surface area contributed by atoms with Crippen LogP contribution in [0, 0.1) is 0 Å². The van der Waals surface area contributed by atoms with Gasteiger partial charge in [-0.05, 0) is 24.3 Å². The summed E-state index contributed by atoms with van der Waals surface area (Å²) in [6.45, 7) is 0. The van der Waals surface area contributed by atoms with E-state index in [1.54, 1.807) is 36.7 Å². The molecule has 0 radical (unpaired) electrons. The predicted molar refractivity (Wildman–Crippen MR) is 40.6 cm³/mol. The number of aromatic nitrogens is 2. The van der Waals surface area contributed by atoms with Gasteiger partial charge in [0.05, 0.1) is 0 Å². The molecule has 0 aliphatic carbocycles. The van der Waals surface area contributed by atoms with Crippen molar-refractivity contribution in [3.05, 3.63) is 36.7 Å². The van der Waals surface area contributed by atoms with E-state index in [0.29, 0.717) is 5.69 Å². The minimum absolute atomic E-state index is 0.714. The molecule has 0 aliphatic heterocycles. The first-order valence-corrected chi connectivity index (χ1v) is 2.97. The first-order chi connectivity index (χ1) is 4.89. The van der Waals surface area contributed by atoms with Gasteiger partial charge in [0, 0.05) is 18.1 Å². The van der Waals surface area contributed by atoms with Crippen LogP contribution in [0.4, 0.5) is 5.69 Å². The summed E-state index contributed by atoms with van der Waals surface area (Å²) in [5.41, 5.74) is 6.22. The monoisotopic (exact) mass is 135 g/mol. The summed E-state index contributed by atoms with van der Waals surface area (Å²) in [5.74, 6) is 0. The Morgan fingerprint density at radius 1 is 1.30 bits per heavy atom. The summed E-state index contributed by atoms with van der Waals surface area (Å²) in [4.78, 5) is 0. The van der Waals surface area contributed by atoms with Gasteiger partial charge >= 0.3 is 0 Å². The fourth-order valence-corrected chi connectivity index (χ4v) is 0.541. The van der Waals surface area contributed by atoms with Crippen LogP contribution in [0.5, 0.6) is 0 Å². The van der Waals surface area contributed by atoms with E-state index in [1.807, 2.05) is 0 Å². The van der Waals surface area contributed by atoms with Crippen molar-refractivity contribution in [3.8, 4) is 0 Å². The number of aromatic amines is 1. The highest BCUT2D eigenvalue weighted by Gasteiger charge is 1.70. The van der Waals surface area contributed by atoms with Crippen LogP contribution in [0.3, 0.4) is 0 Å².